The molecule has 5 N–H and O–H groups in total. The first-order chi connectivity index (χ1) is 7.14. The van der Waals surface area contributed by atoms with Crippen molar-refractivity contribution in [3.05, 3.63) is 0 Å². The summed E-state index contributed by atoms with van der Waals surface area (Å²) in [6.45, 7) is -1.35. The Morgan fingerprint density at radius 2 is 1.53 bits per heavy atom. The van der Waals surface area contributed by atoms with Gasteiger partial charge in [-0.1, -0.05) is 0 Å². The van der Waals surface area contributed by atoms with Crippen molar-refractivity contribution in [2.45, 2.75) is 12.5 Å². The van der Waals surface area contributed by atoms with Crippen LogP contribution in [0.5, 0.6) is 0 Å². The third-order valence-corrected chi connectivity index (χ3v) is 2.19. The van der Waals surface area contributed by atoms with Crippen molar-refractivity contribution >= 4 is 0 Å². The van der Waals surface area contributed by atoms with Crippen LogP contribution in [0.3, 0.4) is 0 Å². The number of hydrogen-bond acceptors (Lipinski definition) is 6. The summed E-state index contributed by atoms with van der Waals surface area (Å²) in [4.78, 5) is 0. The maximum atomic E-state index is 9.19. The second-order valence-corrected chi connectivity index (χ2v) is 3.66. The normalized spacial score (nSPS) is 14.2. The Morgan fingerprint density at radius 3 is 1.93 bits per heavy atom. The van der Waals surface area contributed by atoms with Crippen LogP contribution in [-0.2, 0) is 4.74 Å². The van der Waals surface area contributed by atoms with Crippen LogP contribution in [0.25, 0.3) is 0 Å². The lowest BCUT2D eigenvalue weighted by molar-refractivity contribution is -0.0750. The van der Waals surface area contributed by atoms with Crippen molar-refractivity contribution in [1.82, 2.24) is 0 Å². The molecule has 0 aromatic heterocycles. The third kappa shape index (κ3) is 5.41. The summed E-state index contributed by atoms with van der Waals surface area (Å²) in [5.41, 5.74) is -1.07. The van der Waals surface area contributed by atoms with Crippen LogP contribution >= 0.6 is 0 Å². The largest absolute Gasteiger partial charge is 0.396 e. The van der Waals surface area contributed by atoms with Crippen LogP contribution in [0.2, 0.25) is 0 Å². The Hall–Kier alpha value is -0.240. The zero-order valence-electron chi connectivity index (χ0n) is 8.67. The predicted octanol–water partition coefficient (Wildman–Crippen LogP) is -2.29. The Morgan fingerprint density at radius 1 is 1.00 bits per heavy atom. The number of aliphatic hydroxyl groups excluding tert-OH is 5. The Bertz CT molecular complexity index is 139. The Kier molecular flexibility index (Phi) is 7.85. The van der Waals surface area contributed by atoms with Crippen LogP contribution in [0.4, 0.5) is 0 Å². The molecular weight excluding hydrogens is 204 g/mol. The molecule has 6 nitrogen and oxygen atoms in total. The minimum absolute atomic E-state index is 0.00229. The molecule has 0 aliphatic carbocycles. The van der Waals surface area contributed by atoms with E-state index in [9.17, 15) is 5.11 Å². The van der Waals surface area contributed by atoms with Gasteiger partial charge in [-0.25, -0.2) is 0 Å². The number of ether oxygens (including phenoxy) is 1. The molecule has 0 aromatic carbocycles. The van der Waals surface area contributed by atoms with E-state index in [4.69, 9.17) is 25.2 Å². The highest BCUT2D eigenvalue weighted by molar-refractivity contribution is 4.76. The molecule has 0 saturated heterocycles. The molecule has 15 heavy (non-hydrogen) atoms. The van der Waals surface area contributed by atoms with Gasteiger partial charge in [-0.05, 0) is 6.42 Å². The van der Waals surface area contributed by atoms with E-state index < -0.39 is 31.3 Å². The molecule has 0 aliphatic rings. The fraction of sp³-hybridized carbons (Fsp3) is 1.00. The van der Waals surface area contributed by atoms with Gasteiger partial charge in [0.1, 0.15) is 0 Å². The highest BCUT2D eigenvalue weighted by atomic mass is 16.5. The predicted molar refractivity (Wildman–Crippen MR) is 52.2 cm³/mol. The molecule has 0 saturated carbocycles. The van der Waals surface area contributed by atoms with Gasteiger partial charge in [0.15, 0.2) is 0 Å². The van der Waals surface area contributed by atoms with E-state index >= 15 is 0 Å². The van der Waals surface area contributed by atoms with Crippen LogP contribution < -0.4 is 0 Å². The maximum absolute atomic E-state index is 9.19. The van der Waals surface area contributed by atoms with Gasteiger partial charge in [0.25, 0.3) is 0 Å². The number of aliphatic hydroxyl groups is 5. The van der Waals surface area contributed by atoms with Gasteiger partial charge in [-0.15, -0.1) is 0 Å². The van der Waals surface area contributed by atoms with Crippen LogP contribution in [0.1, 0.15) is 6.42 Å². The van der Waals surface area contributed by atoms with E-state index in [1.807, 2.05) is 0 Å². The molecule has 1 atom stereocenters. The van der Waals surface area contributed by atoms with E-state index in [0.29, 0.717) is 0 Å². The van der Waals surface area contributed by atoms with Gasteiger partial charge >= 0.3 is 0 Å². The molecule has 0 radical (unpaired) electrons. The van der Waals surface area contributed by atoms with E-state index in [0.717, 1.165) is 0 Å². The molecule has 1 unspecified atom stereocenters. The monoisotopic (exact) mass is 224 g/mol. The molecule has 0 rings (SSSR count). The minimum atomic E-state index is -1.07. The topological polar surface area (TPSA) is 110 Å². The fourth-order valence-electron chi connectivity index (χ4n) is 0.931. The molecule has 0 fully saturated rings. The average molecular weight is 224 g/mol. The van der Waals surface area contributed by atoms with Gasteiger partial charge in [0.2, 0.25) is 0 Å². The fourth-order valence-corrected chi connectivity index (χ4v) is 0.931. The quantitative estimate of drug-likeness (QED) is 0.301. The molecule has 0 amide bonds. The number of rotatable bonds is 9. The van der Waals surface area contributed by atoms with E-state index in [2.05, 4.69) is 0 Å². The van der Waals surface area contributed by atoms with Crippen molar-refractivity contribution < 1.29 is 30.3 Å². The summed E-state index contributed by atoms with van der Waals surface area (Å²) in [6, 6.07) is 0. The summed E-state index contributed by atoms with van der Waals surface area (Å²) in [6.07, 6.45) is -0.562. The van der Waals surface area contributed by atoms with E-state index in [1.165, 1.54) is 0 Å². The summed E-state index contributed by atoms with van der Waals surface area (Å²) in [5.74, 6) is 0. The second kappa shape index (κ2) is 7.98. The van der Waals surface area contributed by atoms with Gasteiger partial charge in [-0.2, -0.15) is 0 Å². The molecule has 0 spiro atoms. The van der Waals surface area contributed by atoms with Gasteiger partial charge in [0.05, 0.1) is 44.6 Å². The summed E-state index contributed by atoms with van der Waals surface area (Å²) in [5, 5.41) is 44.5. The van der Waals surface area contributed by atoms with Crippen LogP contribution in [-0.4, -0.2) is 71.3 Å². The zero-order valence-corrected chi connectivity index (χ0v) is 8.67. The lowest BCUT2D eigenvalue weighted by Gasteiger charge is -2.27. The second-order valence-electron chi connectivity index (χ2n) is 3.66. The van der Waals surface area contributed by atoms with Crippen molar-refractivity contribution in [2.75, 3.05) is 39.6 Å². The van der Waals surface area contributed by atoms with Crippen molar-refractivity contribution in [3.63, 3.8) is 0 Å². The highest BCUT2D eigenvalue weighted by Crippen LogP contribution is 2.15. The first-order valence-corrected chi connectivity index (χ1v) is 4.83. The lowest BCUT2D eigenvalue weighted by atomic mass is 9.93. The molecule has 0 heterocycles. The Balaban J connectivity index is 3.80. The molecule has 92 valence electrons. The smallest absolute Gasteiger partial charge is 0.0795 e. The molecule has 0 aliphatic heterocycles. The van der Waals surface area contributed by atoms with Gasteiger partial charge < -0.3 is 30.3 Å². The van der Waals surface area contributed by atoms with Crippen molar-refractivity contribution in [1.29, 1.82) is 0 Å². The van der Waals surface area contributed by atoms with Crippen molar-refractivity contribution in [2.24, 2.45) is 5.41 Å². The van der Waals surface area contributed by atoms with Gasteiger partial charge in [-0.3, -0.25) is 0 Å². The first-order valence-electron chi connectivity index (χ1n) is 4.83. The van der Waals surface area contributed by atoms with E-state index in [-0.39, 0.29) is 26.2 Å². The van der Waals surface area contributed by atoms with Crippen molar-refractivity contribution in [3.8, 4) is 0 Å². The first kappa shape index (κ1) is 14.8. The number of hydrogen-bond donors (Lipinski definition) is 5. The standard InChI is InChI=1S/C9H20O6/c10-2-1-8(14)3-15-7-9(4-11,5-12)6-13/h8,10-14H,1-7H2. The summed E-state index contributed by atoms with van der Waals surface area (Å²) in [7, 11) is 0. The average Bonchev–Trinajstić information content (AvgIpc) is 2.25. The molecule has 0 aromatic rings. The van der Waals surface area contributed by atoms with Crippen LogP contribution in [0, 0.1) is 5.41 Å². The molecule has 6 heteroatoms. The molecular formula is C9H20O6. The minimum Gasteiger partial charge on any atom is -0.396 e. The summed E-state index contributed by atoms with van der Waals surface area (Å²) >= 11 is 0. The highest BCUT2D eigenvalue weighted by Gasteiger charge is 2.28. The van der Waals surface area contributed by atoms with E-state index in [1.54, 1.807) is 0 Å². The third-order valence-electron chi connectivity index (χ3n) is 2.19. The maximum Gasteiger partial charge on any atom is 0.0795 e. The SMILES string of the molecule is OCCC(O)COCC(CO)(CO)CO. The Labute approximate surface area is 88.7 Å². The molecule has 0 bridgehead atoms. The lowest BCUT2D eigenvalue weighted by Crippen LogP contribution is -2.39. The zero-order chi connectivity index (χ0) is 11.7. The summed E-state index contributed by atoms with van der Waals surface area (Å²) < 4.78 is 5.05. The van der Waals surface area contributed by atoms with Gasteiger partial charge in [0, 0.05) is 6.61 Å². The van der Waals surface area contributed by atoms with Crippen LogP contribution in [0.15, 0.2) is 0 Å².